The number of hydrogen-bond donors (Lipinski definition) is 1. The summed E-state index contributed by atoms with van der Waals surface area (Å²) in [7, 11) is 0. The third-order valence-electron chi connectivity index (χ3n) is 5.11. The van der Waals surface area contributed by atoms with Gasteiger partial charge in [0.25, 0.3) is 0 Å². The first-order chi connectivity index (χ1) is 12.5. The van der Waals surface area contributed by atoms with Gasteiger partial charge in [0.15, 0.2) is 0 Å². The summed E-state index contributed by atoms with van der Waals surface area (Å²) in [6.07, 6.45) is 0.629. The molecule has 1 amide bonds. The fourth-order valence-corrected chi connectivity index (χ4v) is 4.62. The molecule has 0 bridgehead atoms. The van der Waals surface area contributed by atoms with E-state index in [1.807, 2.05) is 49.1 Å². The Morgan fingerprint density at radius 2 is 1.92 bits per heavy atom. The standard InChI is InChI=1S/C21H23NO3S/c1-21(2)20(24)19(22-12-6-9-18(22)23)16-13-15(10-11-17(16)25-21)26-14-7-4-3-5-8-14/h3-5,7-8,10-11,13,19-20,24H,6,9,12H2,1-2H3/t19-,20+/m1/s1. The van der Waals surface area contributed by atoms with Crippen LogP contribution in [0, 0.1) is 0 Å². The fraction of sp³-hybridized carbons (Fsp3) is 0.381. The summed E-state index contributed by atoms with van der Waals surface area (Å²) in [4.78, 5) is 16.4. The Morgan fingerprint density at radius 1 is 1.15 bits per heavy atom. The summed E-state index contributed by atoms with van der Waals surface area (Å²) in [5.74, 6) is 0.862. The van der Waals surface area contributed by atoms with E-state index < -0.39 is 11.7 Å². The highest BCUT2D eigenvalue weighted by Crippen LogP contribution is 2.45. The van der Waals surface area contributed by atoms with Gasteiger partial charge in [0, 0.05) is 28.3 Å². The number of carbonyl (C=O) groups is 1. The van der Waals surface area contributed by atoms with Crippen LogP contribution in [0.5, 0.6) is 5.75 Å². The van der Waals surface area contributed by atoms with Crippen molar-refractivity contribution in [3.8, 4) is 5.75 Å². The second-order valence-corrected chi connectivity index (χ2v) is 8.55. The molecule has 5 heteroatoms. The normalized spacial score (nSPS) is 24.3. The Morgan fingerprint density at radius 3 is 2.62 bits per heavy atom. The number of aliphatic hydroxyl groups is 1. The average Bonchev–Trinajstić information content (AvgIpc) is 3.03. The van der Waals surface area contributed by atoms with Crippen molar-refractivity contribution in [2.24, 2.45) is 0 Å². The van der Waals surface area contributed by atoms with Crippen molar-refractivity contribution in [3.05, 3.63) is 54.1 Å². The molecule has 2 aromatic carbocycles. The molecule has 0 aliphatic carbocycles. The van der Waals surface area contributed by atoms with E-state index in [9.17, 15) is 9.90 Å². The lowest BCUT2D eigenvalue weighted by molar-refractivity contribution is -0.139. The highest BCUT2D eigenvalue weighted by atomic mass is 32.2. The first-order valence-electron chi connectivity index (χ1n) is 8.99. The zero-order valence-corrected chi connectivity index (χ0v) is 15.8. The van der Waals surface area contributed by atoms with Gasteiger partial charge in [0.05, 0.1) is 6.04 Å². The molecular formula is C21H23NO3S. The number of ether oxygens (including phenoxy) is 1. The minimum absolute atomic E-state index is 0.110. The van der Waals surface area contributed by atoms with E-state index in [4.69, 9.17) is 4.74 Å². The predicted molar refractivity (Wildman–Crippen MR) is 101 cm³/mol. The molecule has 0 saturated carbocycles. The van der Waals surface area contributed by atoms with Crippen molar-refractivity contribution in [3.63, 3.8) is 0 Å². The second kappa shape index (κ2) is 6.63. The third kappa shape index (κ3) is 3.10. The minimum atomic E-state index is -0.769. The van der Waals surface area contributed by atoms with Crippen molar-refractivity contribution in [2.75, 3.05) is 6.54 Å². The Bertz CT molecular complexity index is 821. The van der Waals surface area contributed by atoms with E-state index in [0.29, 0.717) is 13.0 Å². The fourth-order valence-electron chi connectivity index (χ4n) is 3.73. The van der Waals surface area contributed by atoms with Gasteiger partial charge in [-0.1, -0.05) is 30.0 Å². The quantitative estimate of drug-likeness (QED) is 0.887. The molecular weight excluding hydrogens is 346 g/mol. The Balaban J connectivity index is 1.73. The molecule has 0 spiro atoms. The largest absolute Gasteiger partial charge is 0.485 e. The van der Waals surface area contributed by atoms with Crippen LogP contribution in [0.15, 0.2) is 58.3 Å². The molecule has 2 aliphatic rings. The zero-order chi connectivity index (χ0) is 18.3. The maximum absolute atomic E-state index is 12.4. The van der Waals surface area contributed by atoms with Crippen molar-refractivity contribution < 1.29 is 14.6 Å². The van der Waals surface area contributed by atoms with Crippen LogP contribution < -0.4 is 4.74 Å². The van der Waals surface area contributed by atoms with Crippen LogP contribution in [0.1, 0.15) is 38.3 Å². The molecule has 1 saturated heterocycles. The van der Waals surface area contributed by atoms with Crippen LogP contribution in [0.25, 0.3) is 0 Å². The number of likely N-dealkylation sites (tertiary alicyclic amines) is 1. The number of hydrogen-bond acceptors (Lipinski definition) is 4. The number of rotatable bonds is 3. The second-order valence-electron chi connectivity index (χ2n) is 7.40. The number of amides is 1. The van der Waals surface area contributed by atoms with Crippen LogP contribution in [0.2, 0.25) is 0 Å². The molecule has 2 aliphatic heterocycles. The van der Waals surface area contributed by atoms with E-state index in [1.165, 1.54) is 0 Å². The molecule has 4 nitrogen and oxygen atoms in total. The van der Waals surface area contributed by atoms with E-state index in [1.54, 1.807) is 11.8 Å². The molecule has 0 aromatic heterocycles. The summed E-state index contributed by atoms with van der Waals surface area (Å²) in [5.41, 5.74) is 0.155. The van der Waals surface area contributed by atoms with Gasteiger partial charge in [-0.15, -0.1) is 0 Å². The average molecular weight is 369 g/mol. The lowest BCUT2D eigenvalue weighted by Crippen LogP contribution is -2.53. The minimum Gasteiger partial charge on any atom is -0.485 e. The Labute approximate surface area is 158 Å². The van der Waals surface area contributed by atoms with Crippen molar-refractivity contribution in [2.45, 2.75) is 54.2 Å². The summed E-state index contributed by atoms with van der Waals surface area (Å²) < 4.78 is 6.06. The maximum atomic E-state index is 12.4. The SMILES string of the molecule is CC1(C)Oc2ccc(Sc3ccccc3)cc2[C@@H](N2CCCC2=O)[C@@H]1O. The van der Waals surface area contributed by atoms with E-state index in [-0.39, 0.29) is 11.9 Å². The molecule has 0 unspecified atom stereocenters. The molecule has 2 aromatic rings. The Kier molecular flexibility index (Phi) is 4.45. The molecule has 0 radical (unpaired) electrons. The van der Waals surface area contributed by atoms with E-state index >= 15 is 0 Å². The summed E-state index contributed by atoms with van der Waals surface area (Å²) in [6.45, 7) is 4.44. The smallest absolute Gasteiger partial charge is 0.223 e. The van der Waals surface area contributed by atoms with Crippen LogP contribution in [-0.2, 0) is 4.79 Å². The van der Waals surface area contributed by atoms with E-state index in [2.05, 4.69) is 18.2 Å². The lowest BCUT2D eigenvalue weighted by Gasteiger charge is -2.45. The Hall–Kier alpha value is -1.98. The molecule has 2 heterocycles. The van der Waals surface area contributed by atoms with Crippen molar-refractivity contribution in [1.82, 2.24) is 4.90 Å². The molecule has 26 heavy (non-hydrogen) atoms. The molecule has 1 N–H and O–H groups in total. The molecule has 2 atom stereocenters. The molecule has 136 valence electrons. The summed E-state index contributed by atoms with van der Waals surface area (Å²) in [5, 5.41) is 11.0. The van der Waals surface area contributed by atoms with Gasteiger partial charge in [-0.2, -0.15) is 0 Å². The number of carbonyl (C=O) groups excluding carboxylic acids is 1. The maximum Gasteiger partial charge on any atom is 0.223 e. The lowest BCUT2D eigenvalue weighted by atomic mass is 9.85. The van der Waals surface area contributed by atoms with Gasteiger partial charge in [0.2, 0.25) is 5.91 Å². The monoisotopic (exact) mass is 369 g/mol. The van der Waals surface area contributed by atoms with Crippen molar-refractivity contribution in [1.29, 1.82) is 0 Å². The van der Waals surface area contributed by atoms with Gasteiger partial charge in [0.1, 0.15) is 17.5 Å². The van der Waals surface area contributed by atoms with Gasteiger partial charge in [-0.3, -0.25) is 4.79 Å². The summed E-state index contributed by atoms with van der Waals surface area (Å²) in [6, 6.07) is 15.9. The summed E-state index contributed by atoms with van der Waals surface area (Å²) >= 11 is 1.67. The van der Waals surface area contributed by atoms with E-state index in [0.717, 1.165) is 27.5 Å². The number of nitrogens with zero attached hydrogens (tertiary/aromatic N) is 1. The van der Waals surface area contributed by atoms with Gasteiger partial charge in [-0.05, 0) is 50.6 Å². The zero-order valence-electron chi connectivity index (χ0n) is 15.0. The van der Waals surface area contributed by atoms with Gasteiger partial charge >= 0.3 is 0 Å². The first-order valence-corrected chi connectivity index (χ1v) is 9.81. The highest BCUT2D eigenvalue weighted by molar-refractivity contribution is 7.99. The van der Waals surface area contributed by atoms with Crippen LogP contribution in [-0.4, -0.2) is 34.2 Å². The van der Waals surface area contributed by atoms with Crippen LogP contribution in [0.3, 0.4) is 0 Å². The van der Waals surface area contributed by atoms with Gasteiger partial charge < -0.3 is 14.7 Å². The highest BCUT2D eigenvalue weighted by Gasteiger charge is 2.47. The number of fused-ring (bicyclic) bond motifs is 1. The van der Waals surface area contributed by atoms with Gasteiger partial charge in [-0.25, -0.2) is 0 Å². The van der Waals surface area contributed by atoms with Crippen molar-refractivity contribution >= 4 is 17.7 Å². The third-order valence-corrected chi connectivity index (χ3v) is 6.11. The van der Waals surface area contributed by atoms with Crippen LogP contribution >= 0.6 is 11.8 Å². The number of benzene rings is 2. The molecule has 1 fully saturated rings. The van der Waals surface area contributed by atoms with Crippen LogP contribution in [0.4, 0.5) is 0 Å². The molecule has 4 rings (SSSR count). The topological polar surface area (TPSA) is 49.8 Å². The number of aliphatic hydroxyl groups excluding tert-OH is 1. The first kappa shape index (κ1) is 17.4. The predicted octanol–water partition coefficient (Wildman–Crippen LogP) is 4.03.